The quantitative estimate of drug-likeness (QED) is 0.874. The summed E-state index contributed by atoms with van der Waals surface area (Å²) in [5.74, 6) is 0. The lowest BCUT2D eigenvalue weighted by Crippen LogP contribution is -2.19. The van der Waals surface area contributed by atoms with E-state index in [0.29, 0.717) is 6.04 Å². The number of nitrogens with one attached hydrogen (secondary N) is 1. The molecule has 18 heavy (non-hydrogen) atoms. The van der Waals surface area contributed by atoms with Crippen LogP contribution in [0.25, 0.3) is 11.3 Å². The van der Waals surface area contributed by atoms with Gasteiger partial charge >= 0.3 is 0 Å². The summed E-state index contributed by atoms with van der Waals surface area (Å²) in [5.41, 5.74) is 3.52. The van der Waals surface area contributed by atoms with Crippen LogP contribution in [-0.4, -0.2) is 16.3 Å². The summed E-state index contributed by atoms with van der Waals surface area (Å²) < 4.78 is 1.83. The number of aryl methyl sites for hydroxylation is 1. The molecule has 1 atom stereocenters. The van der Waals surface area contributed by atoms with Crippen LogP contribution in [0.2, 0.25) is 0 Å². The van der Waals surface area contributed by atoms with Crippen molar-refractivity contribution in [3.8, 4) is 11.3 Å². The summed E-state index contributed by atoms with van der Waals surface area (Å²) >= 11 is 0. The first-order chi connectivity index (χ1) is 8.70. The summed E-state index contributed by atoms with van der Waals surface area (Å²) in [6.07, 6.45) is 3.13. The normalized spacial score (nSPS) is 12.6. The van der Waals surface area contributed by atoms with Gasteiger partial charge in [-0.05, 0) is 37.6 Å². The smallest absolute Gasteiger partial charge is 0.0923 e. The molecule has 1 unspecified atom stereocenters. The molecule has 96 valence electrons. The van der Waals surface area contributed by atoms with Crippen LogP contribution in [-0.2, 0) is 7.05 Å². The molecule has 0 amide bonds. The van der Waals surface area contributed by atoms with E-state index in [4.69, 9.17) is 0 Å². The van der Waals surface area contributed by atoms with Crippen molar-refractivity contribution in [2.45, 2.75) is 26.3 Å². The molecule has 0 aliphatic carbocycles. The van der Waals surface area contributed by atoms with Crippen molar-refractivity contribution in [3.05, 3.63) is 42.1 Å². The number of hydrogen-bond acceptors (Lipinski definition) is 2. The lowest BCUT2D eigenvalue weighted by Gasteiger charge is -2.14. The maximum atomic E-state index is 4.44. The second kappa shape index (κ2) is 5.83. The van der Waals surface area contributed by atoms with E-state index in [1.807, 2.05) is 24.0 Å². The van der Waals surface area contributed by atoms with Gasteiger partial charge in [0.15, 0.2) is 0 Å². The summed E-state index contributed by atoms with van der Waals surface area (Å²) in [6, 6.07) is 11.0. The van der Waals surface area contributed by atoms with E-state index in [-0.39, 0.29) is 0 Å². The van der Waals surface area contributed by atoms with E-state index in [2.05, 4.69) is 48.5 Å². The van der Waals surface area contributed by atoms with Crippen LogP contribution in [0.4, 0.5) is 0 Å². The minimum absolute atomic E-state index is 0.383. The van der Waals surface area contributed by atoms with Crippen LogP contribution in [0.15, 0.2) is 36.5 Å². The van der Waals surface area contributed by atoms with Gasteiger partial charge in [-0.1, -0.05) is 25.1 Å². The molecule has 0 spiro atoms. The maximum Gasteiger partial charge on any atom is 0.0923 e. The Labute approximate surface area is 109 Å². The van der Waals surface area contributed by atoms with E-state index in [1.165, 1.54) is 11.1 Å². The molecule has 0 fully saturated rings. The van der Waals surface area contributed by atoms with Gasteiger partial charge in [0.2, 0.25) is 0 Å². The first-order valence-corrected chi connectivity index (χ1v) is 6.54. The predicted octanol–water partition coefficient (Wildman–Crippen LogP) is 3.15. The number of nitrogens with zero attached hydrogens (tertiary/aromatic N) is 2. The van der Waals surface area contributed by atoms with Gasteiger partial charge < -0.3 is 5.32 Å². The van der Waals surface area contributed by atoms with Crippen LogP contribution < -0.4 is 5.32 Å². The van der Waals surface area contributed by atoms with Gasteiger partial charge in [0.05, 0.1) is 5.69 Å². The molecular weight excluding hydrogens is 222 g/mol. The van der Waals surface area contributed by atoms with Crippen LogP contribution >= 0.6 is 0 Å². The zero-order valence-electron chi connectivity index (χ0n) is 11.4. The van der Waals surface area contributed by atoms with Crippen LogP contribution in [0.5, 0.6) is 0 Å². The maximum absolute atomic E-state index is 4.44. The van der Waals surface area contributed by atoms with Gasteiger partial charge in [-0.25, -0.2) is 0 Å². The topological polar surface area (TPSA) is 29.9 Å². The average Bonchev–Trinajstić information content (AvgIpc) is 2.83. The number of hydrogen-bond donors (Lipinski definition) is 1. The molecule has 1 heterocycles. The van der Waals surface area contributed by atoms with Crippen molar-refractivity contribution in [2.24, 2.45) is 7.05 Å². The predicted molar refractivity (Wildman–Crippen MR) is 75.4 cm³/mol. The van der Waals surface area contributed by atoms with Gasteiger partial charge in [0.1, 0.15) is 0 Å². The highest BCUT2D eigenvalue weighted by molar-refractivity contribution is 5.59. The molecule has 1 aromatic carbocycles. The Morgan fingerprint density at radius 3 is 2.83 bits per heavy atom. The van der Waals surface area contributed by atoms with E-state index >= 15 is 0 Å². The fourth-order valence-electron chi connectivity index (χ4n) is 2.02. The van der Waals surface area contributed by atoms with Gasteiger partial charge in [0.25, 0.3) is 0 Å². The molecule has 0 saturated heterocycles. The Morgan fingerprint density at radius 2 is 2.17 bits per heavy atom. The molecule has 2 rings (SSSR count). The summed E-state index contributed by atoms with van der Waals surface area (Å²) in [4.78, 5) is 0. The lowest BCUT2D eigenvalue weighted by molar-refractivity contribution is 0.571. The Kier molecular flexibility index (Phi) is 4.15. The molecule has 3 nitrogen and oxygen atoms in total. The number of rotatable bonds is 5. The van der Waals surface area contributed by atoms with Crippen molar-refractivity contribution in [2.75, 3.05) is 6.54 Å². The second-order valence-electron chi connectivity index (χ2n) is 4.68. The van der Waals surface area contributed by atoms with Crippen molar-refractivity contribution in [3.63, 3.8) is 0 Å². The zero-order chi connectivity index (χ0) is 13.0. The van der Waals surface area contributed by atoms with Gasteiger partial charge in [-0.3, -0.25) is 4.68 Å². The standard InChI is InChI=1S/C15H21N3/c1-4-9-16-12(2)13-6-5-7-14(11-13)15-8-10-18(3)17-15/h5-8,10-12,16H,4,9H2,1-3H3. The van der Waals surface area contributed by atoms with Crippen molar-refractivity contribution >= 4 is 0 Å². The van der Waals surface area contributed by atoms with Gasteiger partial charge in [0, 0.05) is 24.8 Å². The summed E-state index contributed by atoms with van der Waals surface area (Å²) in [5, 5.41) is 7.95. The molecule has 3 heteroatoms. The van der Waals surface area contributed by atoms with E-state index in [9.17, 15) is 0 Å². The minimum Gasteiger partial charge on any atom is -0.310 e. The molecule has 0 bridgehead atoms. The highest BCUT2D eigenvalue weighted by atomic mass is 15.2. The molecule has 0 radical (unpaired) electrons. The van der Waals surface area contributed by atoms with Crippen molar-refractivity contribution in [1.82, 2.24) is 15.1 Å². The zero-order valence-corrected chi connectivity index (χ0v) is 11.4. The Hall–Kier alpha value is -1.61. The van der Waals surface area contributed by atoms with Gasteiger partial charge in [-0.15, -0.1) is 0 Å². The highest BCUT2D eigenvalue weighted by Gasteiger charge is 2.07. The first-order valence-electron chi connectivity index (χ1n) is 6.54. The number of benzene rings is 1. The Bertz CT molecular complexity index is 502. The first kappa shape index (κ1) is 12.8. The lowest BCUT2D eigenvalue weighted by atomic mass is 10.0. The van der Waals surface area contributed by atoms with E-state index in [1.54, 1.807) is 0 Å². The number of aromatic nitrogens is 2. The fraction of sp³-hybridized carbons (Fsp3) is 0.400. The van der Waals surface area contributed by atoms with Crippen LogP contribution in [0, 0.1) is 0 Å². The molecule has 0 aliphatic heterocycles. The Morgan fingerprint density at radius 1 is 1.33 bits per heavy atom. The molecule has 1 aromatic heterocycles. The summed E-state index contributed by atoms with van der Waals surface area (Å²) in [6.45, 7) is 5.44. The molecule has 2 aromatic rings. The monoisotopic (exact) mass is 243 g/mol. The van der Waals surface area contributed by atoms with Crippen molar-refractivity contribution < 1.29 is 0 Å². The molecular formula is C15H21N3. The Balaban J connectivity index is 2.19. The SMILES string of the molecule is CCCNC(C)c1cccc(-c2ccn(C)n2)c1. The van der Waals surface area contributed by atoms with E-state index < -0.39 is 0 Å². The molecule has 0 aliphatic rings. The van der Waals surface area contributed by atoms with Crippen molar-refractivity contribution in [1.29, 1.82) is 0 Å². The van der Waals surface area contributed by atoms with Crippen LogP contribution in [0.1, 0.15) is 31.9 Å². The molecule has 1 N–H and O–H groups in total. The largest absolute Gasteiger partial charge is 0.310 e. The highest BCUT2D eigenvalue weighted by Crippen LogP contribution is 2.21. The van der Waals surface area contributed by atoms with Crippen LogP contribution in [0.3, 0.4) is 0 Å². The summed E-state index contributed by atoms with van der Waals surface area (Å²) in [7, 11) is 1.94. The molecule has 0 saturated carbocycles. The fourth-order valence-corrected chi connectivity index (χ4v) is 2.02. The third-order valence-corrected chi connectivity index (χ3v) is 3.10. The van der Waals surface area contributed by atoms with E-state index in [0.717, 1.165) is 18.7 Å². The third-order valence-electron chi connectivity index (χ3n) is 3.10. The third kappa shape index (κ3) is 2.99. The minimum atomic E-state index is 0.383. The van der Waals surface area contributed by atoms with Gasteiger partial charge in [-0.2, -0.15) is 5.10 Å². The second-order valence-corrected chi connectivity index (χ2v) is 4.68. The average molecular weight is 243 g/mol.